The van der Waals surface area contributed by atoms with Crippen molar-refractivity contribution in [2.24, 2.45) is 5.10 Å². The van der Waals surface area contributed by atoms with Gasteiger partial charge in [0.05, 0.1) is 0 Å². The summed E-state index contributed by atoms with van der Waals surface area (Å²) in [7, 11) is 0. The molecule has 7 heteroatoms. The van der Waals surface area contributed by atoms with Crippen LogP contribution in [-0.2, 0) is 9.59 Å². The molecule has 0 radical (unpaired) electrons. The van der Waals surface area contributed by atoms with E-state index in [9.17, 15) is 9.59 Å². The summed E-state index contributed by atoms with van der Waals surface area (Å²) in [5.74, 6) is -0.438. The number of benzene rings is 1. The second kappa shape index (κ2) is 5.63. The van der Waals surface area contributed by atoms with E-state index in [-0.39, 0.29) is 17.2 Å². The summed E-state index contributed by atoms with van der Waals surface area (Å²) in [6.45, 7) is 2.81. The molecule has 0 bridgehead atoms. The Kier molecular flexibility index (Phi) is 4.11. The van der Waals surface area contributed by atoms with Crippen LogP contribution in [0, 0.1) is 0 Å². The molecule has 100 valence electrons. The van der Waals surface area contributed by atoms with Crippen molar-refractivity contribution in [3.8, 4) is 0 Å². The van der Waals surface area contributed by atoms with Gasteiger partial charge in [0.2, 0.25) is 11.8 Å². The number of carbonyl (C=O) groups is 2. The van der Waals surface area contributed by atoms with Crippen molar-refractivity contribution in [2.45, 2.75) is 19.2 Å². The predicted molar refractivity (Wildman–Crippen MR) is 75.6 cm³/mol. The highest BCUT2D eigenvalue weighted by molar-refractivity contribution is 8.14. The van der Waals surface area contributed by atoms with Gasteiger partial charge in [-0.15, -0.1) is 5.10 Å². The molecule has 2 amide bonds. The van der Waals surface area contributed by atoms with Crippen molar-refractivity contribution >= 4 is 40.3 Å². The lowest BCUT2D eigenvalue weighted by molar-refractivity contribution is -0.129. The number of carbonyl (C=O) groups excluding carboxylic acids is 2. The number of rotatable bonds is 1. The molecular formula is C12H12ClN3O2S. The van der Waals surface area contributed by atoms with Gasteiger partial charge in [-0.2, -0.15) is 0 Å². The largest absolute Gasteiger partial charge is 0.304 e. The Morgan fingerprint density at radius 1 is 1.37 bits per heavy atom. The highest BCUT2D eigenvalue weighted by Gasteiger charge is 2.33. The quantitative estimate of drug-likeness (QED) is 0.865. The van der Waals surface area contributed by atoms with Gasteiger partial charge in [-0.05, 0) is 6.07 Å². The van der Waals surface area contributed by atoms with Crippen LogP contribution >= 0.6 is 23.4 Å². The van der Waals surface area contributed by atoms with Gasteiger partial charge in [-0.3, -0.25) is 9.59 Å². The van der Waals surface area contributed by atoms with Crippen LogP contribution in [0.1, 0.15) is 24.8 Å². The summed E-state index contributed by atoms with van der Waals surface area (Å²) < 4.78 is 0. The Bertz CT molecular complexity index is 562. The Morgan fingerprint density at radius 3 is 2.63 bits per heavy atom. The first-order valence-electron chi connectivity index (χ1n) is 5.56. The average molecular weight is 298 g/mol. The summed E-state index contributed by atoms with van der Waals surface area (Å²) in [5, 5.41) is 8.60. The van der Waals surface area contributed by atoms with Crippen LogP contribution in [-0.4, -0.2) is 22.0 Å². The van der Waals surface area contributed by atoms with Crippen molar-refractivity contribution in [1.82, 2.24) is 10.3 Å². The molecule has 1 aromatic carbocycles. The lowest BCUT2D eigenvalue weighted by Crippen LogP contribution is -2.25. The van der Waals surface area contributed by atoms with Crippen LogP contribution in [0.25, 0.3) is 0 Å². The van der Waals surface area contributed by atoms with E-state index in [0.29, 0.717) is 10.2 Å². The van der Waals surface area contributed by atoms with E-state index in [4.69, 9.17) is 11.6 Å². The van der Waals surface area contributed by atoms with Crippen molar-refractivity contribution in [1.29, 1.82) is 0 Å². The third kappa shape index (κ3) is 3.08. The summed E-state index contributed by atoms with van der Waals surface area (Å²) in [6.07, 6.45) is 0. The summed E-state index contributed by atoms with van der Waals surface area (Å²) >= 11 is 7.42. The van der Waals surface area contributed by atoms with Gasteiger partial charge in [-0.1, -0.05) is 41.6 Å². The molecule has 0 aliphatic carbocycles. The summed E-state index contributed by atoms with van der Waals surface area (Å²) in [5.41, 5.74) is 0.786. The summed E-state index contributed by atoms with van der Waals surface area (Å²) in [4.78, 5) is 22.7. The first-order valence-corrected chi connectivity index (χ1v) is 6.82. The van der Waals surface area contributed by atoms with Gasteiger partial charge >= 0.3 is 0 Å². The second-order valence-electron chi connectivity index (χ2n) is 3.94. The fraction of sp³-hybridized carbons (Fsp3) is 0.250. The zero-order chi connectivity index (χ0) is 14.0. The Morgan fingerprint density at radius 2 is 2.05 bits per heavy atom. The summed E-state index contributed by atoms with van der Waals surface area (Å²) in [6, 6.07) is 7.25. The monoisotopic (exact) mass is 297 g/mol. The zero-order valence-electron chi connectivity index (χ0n) is 10.4. The van der Waals surface area contributed by atoms with E-state index < -0.39 is 0 Å². The van der Waals surface area contributed by atoms with Crippen LogP contribution in [0.4, 0.5) is 0 Å². The van der Waals surface area contributed by atoms with E-state index >= 15 is 0 Å². The van der Waals surface area contributed by atoms with Gasteiger partial charge in [0.15, 0.2) is 5.17 Å². The van der Waals surface area contributed by atoms with Gasteiger partial charge in [0.1, 0.15) is 5.37 Å². The average Bonchev–Trinajstić information content (AvgIpc) is 2.72. The molecule has 0 fully saturated rings. The van der Waals surface area contributed by atoms with E-state index in [0.717, 1.165) is 5.56 Å². The topological polar surface area (TPSA) is 61.8 Å². The molecule has 0 unspecified atom stereocenters. The Balaban J connectivity index is 2.30. The minimum Gasteiger partial charge on any atom is -0.304 e. The van der Waals surface area contributed by atoms with Gasteiger partial charge < -0.3 is 5.32 Å². The van der Waals surface area contributed by atoms with E-state index in [1.165, 1.54) is 30.6 Å². The minimum atomic E-state index is -0.354. The van der Waals surface area contributed by atoms with Crippen LogP contribution in [0.15, 0.2) is 29.4 Å². The third-order valence-corrected chi connectivity index (χ3v) is 3.85. The second-order valence-corrected chi connectivity index (χ2v) is 5.42. The Labute approximate surface area is 120 Å². The lowest BCUT2D eigenvalue weighted by Gasteiger charge is -2.19. The molecular weight excluding hydrogens is 286 g/mol. The maximum absolute atomic E-state index is 11.6. The number of thioether (sulfide) groups is 1. The lowest BCUT2D eigenvalue weighted by atomic mass is 10.2. The number of hydrazone groups is 1. The first kappa shape index (κ1) is 13.9. The number of amidine groups is 1. The van der Waals surface area contributed by atoms with Gasteiger partial charge in [0.25, 0.3) is 0 Å². The number of halogens is 1. The first-order chi connectivity index (χ1) is 8.99. The standard InChI is InChI=1S/C12H12ClN3O2S/c1-7(17)14-12-15-16(8(2)18)11(19-12)9-5-3-4-6-10(9)13/h3-6,11H,1-2H3,(H,14,15,17)/t11-/m0/s1. The van der Waals surface area contributed by atoms with E-state index in [1.54, 1.807) is 6.07 Å². The molecule has 1 aliphatic rings. The normalized spacial score (nSPS) is 18.2. The number of hydrogen-bond acceptors (Lipinski definition) is 4. The molecule has 0 aromatic heterocycles. The molecule has 0 saturated heterocycles. The molecule has 1 aliphatic heterocycles. The number of amides is 2. The highest BCUT2D eigenvalue weighted by Crippen LogP contribution is 2.41. The zero-order valence-corrected chi connectivity index (χ0v) is 12.0. The maximum atomic E-state index is 11.6. The molecule has 5 nitrogen and oxygen atoms in total. The van der Waals surface area contributed by atoms with Gasteiger partial charge in [-0.25, -0.2) is 5.01 Å². The molecule has 1 N–H and O–H groups in total. The van der Waals surface area contributed by atoms with Crippen LogP contribution < -0.4 is 5.32 Å². The van der Waals surface area contributed by atoms with Crippen LogP contribution in [0.5, 0.6) is 0 Å². The van der Waals surface area contributed by atoms with E-state index in [1.807, 2.05) is 18.2 Å². The van der Waals surface area contributed by atoms with Crippen molar-refractivity contribution in [3.63, 3.8) is 0 Å². The fourth-order valence-corrected chi connectivity index (χ4v) is 3.12. The highest BCUT2D eigenvalue weighted by atomic mass is 35.5. The van der Waals surface area contributed by atoms with Crippen LogP contribution in [0.3, 0.4) is 0 Å². The maximum Gasteiger partial charge on any atom is 0.241 e. The van der Waals surface area contributed by atoms with Crippen molar-refractivity contribution in [3.05, 3.63) is 34.9 Å². The van der Waals surface area contributed by atoms with Gasteiger partial charge in [0, 0.05) is 24.4 Å². The number of nitrogens with one attached hydrogen (secondary N) is 1. The van der Waals surface area contributed by atoms with Crippen LogP contribution in [0.2, 0.25) is 5.02 Å². The van der Waals surface area contributed by atoms with Crippen molar-refractivity contribution in [2.75, 3.05) is 0 Å². The smallest absolute Gasteiger partial charge is 0.241 e. The van der Waals surface area contributed by atoms with Crippen molar-refractivity contribution < 1.29 is 9.59 Å². The molecule has 0 spiro atoms. The molecule has 0 saturated carbocycles. The SMILES string of the molecule is CC(=O)NC1=NN(C(C)=O)[C@H](c2ccccc2Cl)S1. The third-order valence-electron chi connectivity index (χ3n) is 2.42. The Hall–Kier alpha value is -1.53. The minimum absolute atomic E-state index is 0.210. The number of nitrogens with zero attached hydrogens (tertiary/aromatic N) is 2. The molecule has 1 aromatic rings. The predicted octanol–water partition coefficient (Wildman–Crippen LogP) is 2.34. The van der Waals surface area contributed by atoms with E-state index in [2.05, 4.69) is 10.4 Å². The molecule has 1 atom stereocenters. The fourth-order valence-electron chi connectivity index (χ4n) is 1.64. The molecule has 1 heterocycles. The number of hydrogen-bond donors (Lipinski definition) is 1. The molecule has 2 rings (SSSR count). The molecule has 19 heavy (non-hydrogen) atoms.